The molecular formula is C17H15F6N2O10+. The number of rotatable bonds is 10. The lowest BCUT2D eigenvalue weighted by Crippen LogP contribution is -2.42. The van der Waals surface area contributed by atoms with Crippen LogP contribution in [-0.4, -0.2) is 59.3 Å². The molecule has 1 N–H and O–H groups in total. The first-order valence-corrected chi connectivity index (χ1v) is 9.25. The molecule has 0 amide bonds. The van der Waals surface area contributed by atoms with Crippen LogP contribution in [0.15, 0.2) is 17.7 Å². The molecule has 35 heavy (non-hydrogen) atoms. The van der Waals surface area contributed by atoms with Gasteiger partial charge in [0.15, 0.2) is 6.10 Å². The van der Waals surface area contributed by atoms with Crippen LogP contribution in [0.2, 0.25) is 0 Å². The average Bonchev–Trinajstić information content (AvgIpc) is 2.71. The van der Waals surface area contributed by atoms with E-state index < -0.39 is 71.2 Å². The van der Waals surface area contributed by atoms with E-state index in [0.29, 0.717) is 12.1 Å². The van der Waals surface area contributed by atoms with Crippen molar-refractivity contribution in [3.63, 3.8) is 0 Å². The highest BCUT2D eigenvalue weighted by molar-refractivity contribution is 5.96. The first-order valence-electron chi connectivity index (χ1n) is 9.25. The second kappa shape index (κ2) is 10.5. The van der Waals surface area contributed by atoms with Crippen LogP contribution in [0, 0.1) is 15.0 Å². The monoisotopic (exact) mass is 521 g/mol. The van der Waals surface area contributed by atoms with Gasteiger partial charge >= 0.3 is 23.6 Å². The molecule has 12 nitrogen and oxygen atoms in total. The number of aryl methyl sites for hydroxylation is 1. The molecule has 1 heterocycles. The van der Waals surface area contributed by atoms with E-state index in [-0.39, 0.29) is 17.5 Å². The summed E-state index contributed by atoms with van der Waals surface area (Å²) in [6.07, 6.45) is -14.7. The molecular weight excluding hydrogens is 506 g/mol. The number of carbonyl (C=O) groups is 1. The van der Waals surface area contributed by atoms with Gasteiger partial charge in [0, 0.05) is 5.56 Å². The lowest BCUT2D eigenvalue weighted by molar-refractivity contribution is -0.976. The largest absolute Gasteiger partial charge is 0.573 e. The first kappa shape index (κ1) is 27.3. The van der Waals surface area contributed by atoms with Crippen LogP contribution >= 0.6 is 0 Å². The molecule has 0 saturated carbocycles. The fourth-order valence-corrected chi connectivity index (χ4v) is 2.85. The molecule has 0 fully saturated rings. The summed E-state index contributed by atoms with van der Waals surface area (Å²) in [5, 5.41) is 16.3. The zero-order valence-electron chi connectivity index (χ0n) is 17.3. The van der Waals surface area contributed by atoms with Crippen LogP contribution in [0.4, 0.5) is 26.3 Å². The number of ether oxygens (including phenoxy) is 3. The maximum Gasteiger partial charge on any atom is 0.573 e. The van der Waals surface area contributed by atoms with E-state index in [1.165, 1.54) is 6.92 Å². The van der Waals surface area contributed by atoms with Gasteiger partial charge in [-0.3, -0.25) is 0 Å². The highest BCUT2D eigenvalue weighted by Crippen LogP contribution is 2.42. The van der Waals surface area contributed by atoms with Crippen LogP contribution in [0.25, 0.3) is 6.08 Å². The topological polar surface area (TPSA) is 147 Å². The maximum atomic E-state index is 13.7. The number of fused-ring (bicyclic) bond motifs is 1. The summed E-state index contributed by atoms with van der Waals surface area (Å²) in [7, 11) is 0. The van der Waals surface area contributed by atoms with Gasteiger partial charge in [0.25, 0.3) is 5.09 Å². The summed E-state index contributed by atoms with van der Waals surface area (Å²) >= 11 is 0. The molecule has 1 aromatic rings. The SMILES string of the molecule is CCc1cc(OC(F)(F)F)cc2c1O[C@H](C(F)(F)F)C(C(=O)OC(CO[N+](=O)[O-])CO[N+](=O)O)=C2. The highest BCUT2D eigenvalue weighted by atomic mass is 19.4. The molecule has 0 radical (unpaired) electrons. The van der Waals surface area contributed by atoms with Gasteiger partial charge in [-0.2, -0.15) is 18.0 Å². The van der Waals surface area contributed by atoms with Crippen molar-refractivity contribution in [1.82, 2.24) is 0 Å². The molecule has 2 atom stereocenters. The summed E-state index contributed by atoms with van der Waals surface area (Å²) in [6.45, 7) is -0.769. The van der Waals surface area contributed by atoms with Gasteiger partial charge in [-0.05, 0) is 30.2 Å². The summed E-state index contributed by atoms with van der Waals surface area (Å²) in [5.41, 5.74) is -1.72. The fourth-order valence-electron chi connectivity index (χ4n) is 2.85. The van der Waals surface area contributed by atoms with Crippen LogP contribution in [0.3, 0.4) is 0 Å². The Kier molecular flexibility index (Phi) is 8.19. The lowest BCUT2D eigenvalue weighted by atomic mass is 9.97. The molecule has 0 aromatic heterocycles. The Bertz CT molecular complexity index is 992. The van der Waals surface area contributed by atoms with Crippen molar-refractivity contribution in [2.45, 2.75) is 38.1 Å². The Hall–Kier alpha value is -3.99. The molecule has 1 aliphatic heterocycles. The zero-order chi connectivity index (χ0) is 26.6. The number of carbonyl (C=O) groups excluding carboxylic acids is 1. The van der Waals surface area contributed by atoms with Gasteiger partial charge in [0.05, 0.1) is 5.57 Å². The van der Waals surface area contributed by atoms with Crippen molar-refractivity contribution < 1.29 is 70.4 Å². The van der Waals surface area contributed by atoms with Crippen molar-refractivity contribution in [3.05, 3.63) is 43.9 Å². The average molecular weight is 521 g/mol. The number of hydrogen-bond acceptors (Lipinski definition) is 9. The molecule has 1 aliphatic rings. The van der Waals surface area contributed by atoms with Crippen molar-refractivity contribution in [2.75, 3.05) is 13.2 Å². The summed E-state index contributed by atoms with van der Waals surface area (Å²) in [5.74, 6) is -3.04. The van der Waals surface area contributed by atoms with E-state index in [4.69, 9.17) is 9.94 Å². The number of nitrogens with zero attached hydrogens (tertiary/aromatic N) is 2. The van der Waals surface area contributed by atoms with Gasteiger partial charge in [-0.25, -0.2) is 10.0 Å². The van der Waals surface area contributed by atoms with E-state index in [2.05, 4.69) is 19.1 Å². The molecule has 0 bridgehead atoms. The minimum atomic E-state index is -5.21. The van der Waals surface area contributed by atoms with E-state index >= 15 is 0 Å². The molecule has 2 rings (SSSR count). The third kappa shape index (κ3) is 7.78. The maximum absolute atomic E-state index is 13.7. The van der Waals surface area contributed by atoms with Crippen molar-refractivity contribution in [3.8, 4) is 11.5 Å². The first-order chi connectivity index (χ1) is 16.1. The lowest BCUT2D eigenvalue weighted by Gasteiger charge is -2.30. The van der Waals surface area contributed by atoms with Crippen LogP contribution in [-0.2, 0) is 25.6 Å². The Balaban J connectivity index is 2.46. The third-order valence-electron chi connectivity index (χ3n) is 4.16. The van der Waals surface area contributed by atoms with E-state index in [1.54, 1.807) is 0 Å². The van der Waals surface area contributed by atoms with E-state index in [9.17, 15) is 46.2 Å². The summed E-state index contributed by atoms with van der Waals surface area (Å²) in [4.78, 5) is 41.3. The Morgan fingerprint density at radius 2 is 1.80 bits per heavy atom. The van der Waals surface area contributed by atoms with Gasteiger partial charge in [0.1, 0.15) is 23.0 Å². The molecule has 0 aliphatic carbocycles. The van der Waals surface area contributed by atoms with Gasteiger partial charge in [-0.1, -0.05) is 6.92 Å². The smallest absolute Gasteiger partial charge is 0.475 e. The molecule has 0 saturated heterocycles. The van der Waals surface area contributed by atoms with Crippen molar-refractivity contribution >= 4 is 12.0 Å². The number of benzene rings is 1. The molecule has 18 heteroatoms. The highest BCUT2D eigenvalue weighted by Gasteiger charge is 2.49. The van der Waals surface area contributed by atoms with Crippen LogP contribution < -0.4 is 9.47 Å². The molecule has 1 aromatic carbocycles. The Morgan fingerprint density at radius 3 is 2.31 bits per heavy atom. The number of hydrogen-bond donors (Lipinski definition) is 1. The normalized spacial score (nSPS) is 16.2. The summed E-state index contributed by atoms with van der Waals surface area (Å²) < 4.78 is 92.2. The van der Waals surface area contributed by atoms with Crippen molar-refractivity contribution in [1.29, 1.82) is 0 Å². The van der Waals surface area contributed by atoms with E-state index in [1.807, 2.05) is 0 Å². The molecule has 0 spiro atoms. The Labute approximate surface area is 190 Å². The number of halogens is 6. The van der Waals surface area contributed by atoms with Crippen molar-refractivity contribution in [2.24, 2.45) is 0 Å². The van der Waals surface area contributed by atoms with Crippen LogP contribution in [0.1, 0.15) is 18.1 Å². The third-order valence-corrected chi connectivity index (χ3v) is 4.16. The number of esters is 1. The predicted molar refractivity (Wildman–Crippen MR) is 95.1 cm³/mol. The quantitative estimate of drug-likeness (QED) is 0.211. The second-order valence-corrected chi connectivity index (χ2v) is 6.62. The van der Waals surface area contributed by atoms with Gasteiger partial charge in [0.2, 0.25) is 12.7 Å². The zero-order valence-corrected chi connectivity index (χ0v) is 17.3. The van der Waals surface area contributed by atoms with Crippen LogP contribution in [0.5, 0.6) is 11.5 Å². The Morgan fingerprint density at radius 1 is 1.17 bits per heavy atom. The predicted octanol–water partition coefficient (Wildman–Crippen LogP) is 3.07. The van der Waals surface area contributed by atoms with Gasteiger partial charge < -0.3 is 19.0 Å². The fraction of sp³-hybridized carbons (Fsp3) is 0.471. The summed E-state index contributed by atoms with van der Waals surface area (Å²) in [6, 6.07) is 1.50. The second-order valence-electron chi connectivity index (χ2n) is 6.62. The minimum Gasteiger partial charge on any atom is -0.475 e. The number of alkyl halides is 6. The standard InChI is InChI=1S/C17H15F6N2O10/c1-2-8-3-10(35-17(21,22)23)4-9-5-12(14(16(18,19)20)34-13(8)9)15(26)33-11(6-31-24(27)28)7-32-25(29)30/h3-5,11,14H,2,6-7H2,1H3,(H,27,28)/q+1/t11?,14-/m0/s1. The molecule has 1 unspecified atom stereocenters. The van der Waals surface area contributed by atoms with Gasteiger partial charge in [-0.15, -0.1) is 23.3 Å². The van der Waals surface area contributed by atoms with E-state index in [0.717, 1.165) is 6.07 Å². The minimum absolute atomic E-state index is 0.0694. The molecule has 194 valence electrons.